The van der Waals surface area contributed by atoms with Crippen molar-refractivity contribution in [2.45, 2.75) is 38.7 Å². The highest BCUT2D eigenvalue weighted by Crippen LogP contribution is 2.40. The predicted molar refractivity (Wildman–Crippen MR) is 106 cm³/mol. The average Bonchev–Trinajstić information content (AvgIpc) is 3.40. The molecule has 2 aliphatic carbocycles. The summed E-state index contributed by atoms with van der Waals surface area (Å²) >= 11 is 0. The van der Waals surface area contributed by atoms with Gasteiger partial charge in [0.1, 0.15) is 0 Å². The number of carbonyl (C=O) groups is 2. The smallest absolute Gasteiger partial charge is 0.310 e. The Morgan fingerprint density at radius 2 is 1.79 bits per heavy atom. The molecule has 0 heterocycles. The lowest BCUT2D eigenvalue weighted by Crippen LogP contribution is -2.36. The van der Waals surface area contributed by atoms with Gasteiger partial charge in [-0.25, -0.2) is 0 Å². The number of ether oxygens (including phenoxy) is 1. The molecule has 0 unspecified atom stereocenters. The van der Waals surface area contributed by atoms with Crippen molar-refractivity contribution in [1.82, 2.24) is 0 Å². The van der Waals surface area contributed by atoms with Gasteiger partial charge < -0.3 is 15.2 Å². The molecule has 1 amide bonds. The first kappa shape index (κ1) is 18.7. The number of carboxylic acids is 1. The van der Waals surface area contributed by atoms with E-state index in [0.29, 0.717) is 31.1 Å². The highest BCUT2D eigenvalue weighted by atomic mass is 16.5. The predicted octanol–water partition coefficient (Wildman–Crippen LogP) is 3.81. The van der Waals surface area contributed by atoms with E-state index >= 15 is 0 Å². The van der Waals surface area contributed by atoms with Crippen molar-refractivity contribution in [2.75, 3.05) is 11.9 Å². The fourth-order valence-electron chi connectivity index (χ4n) is 3.93. The van der Waals surface area contributed by atoms with E-state index < -0.39 is 11.4 Å². The maximum atomic E-state index is 12.6. The van der Waals surface area contributed by atoms with Gasteiger partial charge >= 0.3 is 5.97 Å². The van der Waals surface area contributed by atoms with Gasteiger partial charge in [-0.2, -0.15) is 0 Å². The third-order valence-electron chi connectivity index (χ3n) is 5.66. The summed E-state index contributed by atoms with van der Waals surface area (Å²) in [7, 11) is 0. The first-order valence-corrected chi connectivity index (χ1v) is 9.81. The van der Waals surface area contributed by atoms with E-state index in [1.54, 1.807) is 0 Å². The average molecular weight is 379 g/mol. The molecule has 2 N–H and O–H groups in total. The monoisotopic (exact) mass is 379 g/mol. The van der Waals surface area contributed by atoms with Crippen molar-refractivity contribution in [3.8, 4) is 0 Å². The fourth-order valence-corrected chi connectivity index (χ4v) is 3.93. The number of aliphatic carboxylic acids is 1. The van der Waals surface area contributed by atoms with Gasteiger partial charge in [0.25, 0.3) is 0 Å². The zero-order chi connectivity index (χ0) is 19.6. The van der Waals surface area contributed by atoms with Crippen LogP contribution in [0.25, 0.3) is 0 Å². The van der Waals surface area contributed by atoms with Gasteiger partial charge in [-0.3, -0.25) is 9.59 Å². The maximum absolute atomic E-state index is 12.6. The molecule has 1 saturated carbocycles. The van der Waals surface area contributed by atoms with Crippen LogP contribution in [0.4, 0.5) is 5.69 Å². The molecule has 4 rings (SSSR count). The number of nitrogens with one attached hydrogen (secondary N) is 1. The Labute approximate surface area is 164 Å². The number of hydrogen-bond acceptors (Lipinski definition) is 3. The lowest BCUT2D eigenvalue weighted by molar-refractivity contribution is -0.150. The van der Waals surface area contributed by atoms with E-state index in [-0.39, 0.29) is 12.3 Å². The van der Waals surface area contributed by atoms with E-state index in [0.717, 1.165) is 23.3 Å². The highest BCUT2D eigenvalue weighted by Gasteiger charge is 2.45. The topological polar surface area (TPSA) is 75.6 Å². The van der Waals surface area contributed by atoms with Crippen LogP contribution in [0, 0.1) is 11.3 Å². The third-order valence-corrected chi connectivity index (χ3v) is 5.66. The van der Waals surface area contributed by atoms with Crippen molar-refractivity contribution >= 4 is 17.6 Å². The summed E-state index contributed by atoms with van der Waals surface area (Å²) in [5.74, 6) is -0.474. The Bertz CT molecular complexity index is 863. The molecule has 0 saturated heterocycles. The maximum Gasteiger partial charge on any atom is 0.310 e. The Balaban J connectivity index is 1.38. The lowest BCUT2D eigenvalue weighted by Gasteiger charge is -2.23. The largest absolute Gasteiger partial charge is 0.481 e. The molecular weight excluding hydrogens is 354 g/mol. The number of rotatable bonds is 8. The molecule has 5 nitrogen and oxygen atoms in total. The van der Waals surface area contributed by atoms with Crippen LogP contribution < -0.4 is 5.32 Å². The van der Waals surface area contributed by atoms with Crippen molar-refractivity contribution in [3.05, 3.63) is 65.2 Å². The van der Waals surface area contributed by atoms with Crippen LogP contribution in [0.3, 0.4) is 0 Å². The zero-order valence-corrected chi connectivity index (χ0v) is 15.8. The molecule has 5 heteroatoms. The standard InChI is InChI=1S/C23H25NO4/c25-21(13-23(22(26)27)11-18-5-1-2-6-19(18)12-23)24-20-7-3-4-17(10-20)15-28-14-16-8-9-16/h1-7,10,16H,8-9,11-15H2,(H,24,25)(H,26,27). The van der Waals surface area contributed by atoms with Gasteiger partial charge in [0, 0.05) is 18.7 Å². The molecule has 2 aliphatic rings. The Hall–Kier alpha value is -2.66. The Morgan fingerprint density at radius 3 is 2.43 bits per heavy atom. The van der Waals surface area contributed by atoms with Gasteiger partial charge in [0.15, 0.2) is 0 Å². The zero-order valence-electron chi connectivity index (χ0n) is 15.8. The summed E-state index contributed by atoms with van der Waals surface area (Å²) in [6.45, 7) is 1.31. The second-order valence-electron chi connectivity index (χ2n) is 8.09. The van der Waals surface area contributed by atoms with Crippen LogP contribution in [0.1, 0.15) is 36.0 Å². The normalized spacial score (nSPS) is 17.1. The summed E-state index contributed by atoms with van der Waals surface area (Å²) in [5, 5.41) is 12.7. The number of carboxylic acid groups (broad SMARTS) is 1. The van der Waals surface area contributed by atoms with E-state index in [9.17, 15) is 14.7 Å². The molecule has 0 radical (unpaired) electrons. The van der Waals surface area contributed by atoms with Crippen LogP contribution in [0.5, 0.6) is 0 Å². The van der Waals surface area contributed by atoms with Gasteiger partial charge in [-0.15, -0.1) is 0 Å². The van der Waals surface area contributed by atoms with Crippen LogP contribution in [-0.2, 0) is 33.8 Å². The van der Waals surface area contributed by atoms with E-state index in [2.05, 4.69) is 5.32 Å². The third kappa shape index (κ3) is 4.25. The van der Waals surface area contributed by atoms with Crippen LogP contribution in [0.15, 0.2) is 48.5 Å². The van der Waals surface area contributed by atoms with Gasteiger partial charge in [-0.1, -0.05) is 36.4 Å². The van der Waals surface area contributed by atoms with Crippen molar-refractivity contribution in [1.29, 1.82) is 0 Å². The van der Waals surface area contributed by atoms with Crippen LogP contribution in [0.2, 0.25) is 0 Å². The molecule has 2 aromatic carbocycles. The van der Waals surface area contributed by atoms with E-state index in [1.165, 1.54) is 12.8 Å². The molecule has 0 atom stereocenters. The number of anilines is 1. The Kier molecular flexibility index (Phi) is 5.18. The van der Waals surface area contributed by atoms with Crippen molar-refractivity contribution in [2.24, 2.45) is 11.3 Å². The van der Waals surface area contributed by atoms with Gasteiger partial charge in [-0.05, 0) is 60.4 Å². The molecule has 0 aliphatic heterocycles. The molecule has 28 heavy (non-hydrogen) atoms. The fraction of sp³-hybridized carbons (Fsp3) is 0.391. The summed E-state index contributed by atoms with van der Waals surface area (Å²) < 4.78 is 5.70. The Morgan fingerprint density at radius 1 is 1.07 bits per heavy atom. The van der Waals surface area contributed by atoms with Crippen molar-refractivity contribution < 1.29 is 19.4 Å². The highest BCUT2D eigenvalue weighted by molar-refractivity contribution is 5.94. The first-order chi connectivity index (χ1) is 13.5. The number of benzene rings is 2. The number of amides is 1. The summed E-state index contributed by atoms with van der Waals surface area (Å²) in [6, 6.07) is 15.3. The molecule has 0 aromatic heterocycles. The number of fused-ring (bicyclic) bond motifs is 1. The summed E-state index contributed by atoms with van der Waals surface area (Å²) in [4.78, 5) is 24.7. The molecular formula is C23H25NO4. The number of carbonyl (C=O) groups excluding carboxylic acids is 1. The SMILES string of the molecule is O=C(CC1(C(=O)O)Cc2ccccc2C1)Nc1cccc(COCC2CC2)c1. The lowest BCUT2D eigenvalue weighted by atomic mass is 9.81. The van der Waals surface area contributed by atoms with E-state index in [1.807, 2.05) is 48.5 Å². The van der Waals surface area contributed by atoms with E-state index in [4.69, 9.17) is 4.74 Å². The summed E-state index contributed by atoms with van der Waals surface area (Å²) in [6.07, 6.45) is 3.25. The summed E-state index contributed by atoms with van der Waals surface area (Å²) in [5.41, 5.74) is 2.65. The second-order valence-corrected chi connectivity index (χ2v) is 8.09. The minimum Gasteiger partial charge on any atom is -0.481 e. The van der Waals surface area contributed by atoms with Crippen LogP contribution in [-0.4, -0.2) is 23.6 Å². The molecule has 0 spiro atoms. The minimum atomic E-state index is -1.07. The van der Waals surface area contributed by atoms with Gasteiger partial charge in [0.2, 0.25) is 5.91 Å². The molecule has 1 fully saturated rings. The van der Waals surface area contributed by atoms with Crippen LogP contribution >= 0.6 is 0 Å². The number of hydrogen-bond donors (Lipinski definition) is 2. The minimum absolute atomic E-state index is 0.0422. The van der Waals surface area contributed by atoms with Crippen molar-refractivity contribution in [3.63, 3.8) is 0 Å². The quantitative estimate of drug-likeness (QED) is 0.731. The molecule has 2 aromatic rings. The second kappa shape index (κ2) is 7.76. The molecule has 0 bridgehead atoms. The van der Waals surface area contributed by atoms with Gasteiger partial charge in [0.05, 0.1) is 12.0 Å². The first-order valence-electron chi connectivity index (χ1n) is 9.81. The molecule has 146 valence electrons.